The first kappa shape index (κ1) is 17.7. The predicted molar refractivity (Wildman–Crippen MR) is 114 cm³/mol. The summed E-state index contributed by atoms with van der Waals surface area (Å²) in [6.45, 7) is 0.434. The summed E-state index contributed by atoms with van der Waals surface area (Å²) in [4.78, 5) is 20.8. The van der Waals surface area contributed by atoms with Crippen molar-refractivity contribution in [2.24, 2.45) is 0 Å². The van der Waals surface area contributed by atoms with E-state index < -0.39 is 0 Å². The van der Waals surface area contributed by atoms with Crippen LogP contribution in [0.25, 0.3) is 16.6 Å². The lowest BCUT2D eigenvalue weighted by atomic mass is 10.0. The second-order valence-corrected chi connectivity index (χ2v) is 7.61. The Hall–Kier alpha value is -3.34. The molecule has 0 bridgehead atoms. The summed E-state index contributed by atoms with van der Waals surface area (Å²) in [6.07, 6.45) is 6.72. The Kier molecular flexibility index (Phi) is 4.64. The van der Waals surface area contributed by atoms with E-state index in [-0.39, 0.29) is 5.91 Å². The third-order valence-electron chi connectivity index (χ3n) is 5.69. The molecule has 2 aromatic heterocycles. The van der Waals surface area contributed by atoms with Gasteiger partial charge in [-0.15, -0.1) is 0 Å². The number of carbonyl (C=O) groups is 1. The zero-order chi connectivity index (χ0) is 19.6. The van der Waals surface area contributed by atoms with Crippen molar-refractivity contribution in [2.45, 2.75) is 38.6 Å². The van der Waals surface area contributed by atoms with E-state index in [1.807, 2.05) is 48.7 Å². The normalized spacial score (nSPS) is 13.4. The van der Waals surface area contributed by atoms with Crippen molar-refractivity contribution >= 4 is 16.8 Å². The van der Waals surface area contributed by atoms with Gasteiger partial charge in [0.05, 0.1) is 18.7 Å². The molecular formula is C24H24N4O. The lowest BCUT2D eigenvalue weighted by molar-refractivity contribution is -0.120. The number of nitrogens with zero attached hydrogens (tertiary/aromatic N) is 2. The molecule has 1 amide bonds. The Morgan fingerprint density at radius 2 is 1.83 bits per heavy atom. The Morgan fingerprint density at radius 3 is 2.72 bits per heavy atom. The molecule has 0 aliphatic heterocycles. The van der Waals surface area contributed by atoms with E-state index in [0.29, 0.717) is 13.0 Å². The minimum atomic E-state index is 0.00957. The van der Waals surface area contributed by atoms with Crippen LogP contribution in [0, 0.1) is 0 Å². The number of benzene rings is 2. The molecule has 29 heavy (non-hydrogen) atoms. The molecular weight excluding hydrogens is 360 g/mol. The zero-order valence-electron chi connectivity index (χ0n) is 16.3. The van der Waals surface area contributed by atoms with Gasteiger partial charge in [0, 0.05) is 28.5 Å². The minimum absolute atomic E-state index is 0.00957. The summed E-state index contributed by atoms with van der Waals surface area (Å²) < 4.78 is 2.24. The van der Waals surface area contributed by atoms with Crippen molar-refractivity contribution in [3.8, 4) is 5.69 Å². The van der Waals surface area contributed by atoms with Crippen LogP contribution in [-0.2, 0) is 30.6 Å². The van der Waals surface area contributed by atoms with Crippen LogP contribution < -0.4 is 5.32 Å². The van der Waals surface area contributed by atoms with Crippen LogP contribution in [0.4, 0.5) is 0 Å². The molecule has 2 N–H and O–H groups in total. The first-order valence-corrected chi connectivity index (χ1v) is 10.3. The number of rotatable bonds is 5. The second kappa shape index (κ2) is 7.59. The van der Waals surface area contributed by atoms with Gasteiger partial charge in [-0.2, -0.15) is 0 Å². The van der Waals surface area contributed by atoms with Crippen molar-refractivity contribution < 1.29 is 4.79 Å². The highest BCUT2D eigenvalue weighted by Gasteiger charge is 2.21. The number of aryl methyl sites for hydroxylation is 1. The van der Waals surface area contributed by atoms with E-state index in [1.165, 1.54) is 24.2 Å². The highest BCUT2D eigenvalue weighted by atomic mass is 16.1. The Morgan fingerprint density at radius 1 is 1.03 bits per heavy atom. The average molecular weight is 384 g/mol. The van der Waals surface area contributed by atoms with Crippen molar-refractivity contribution in [3.63, 3.8) is 0 Å². The molecule has 5 nitrogen and oxygen atoms in total. The van der Waals surface area contributed by atoms with E-state index in [1.54, 1.807) is 0 Å². The Bertz CT molecular complexity index is 1160. The van der Waals surface area contributed by atoms with Gasteiger partial charge in [0.1, 0.15) is 5.82 Å². The average Bonchev–Trinajstić information content (AvgIpc) is 3.34. The lowest BCUT2D eigenvalue weighted by Gasteiger charge is -2.15. The number of carbonyl (C=O) groups excluding carboxylic acids is 1. The number of imidazole rings is 1. The van der Waals surface area contributed by atoms with E-state index in [4.69, 9.17) is 4.98 Å². The van der Waals surface area contributed by atoms with E-state index in [9.17, 15) is 4.79 Å². The van der Waals surface area contributed by atoms with Crippen LogP contribution in [-0.4, -0.2) is 20.4 Å². The number of hydrogen-bond donors (Lipinski definition) is 2. The van der Waals surface area contributed by atoms with Crippen LogP contribution >= 0.6 is 0 Å². The van der Waals surface area contributed by atoms with Gasteiger partial charge in [0.2, 0.25) is 5.91 Å². The summed E-state index contributed by atoms with van der Waals surface area (Å²) in [5.41, 5.74) is 5.67. The predicted octanol–water partition coefficient (Wildman–Crippen LogP) is 4.09. The lowest BCUT2D eigenvalue weighted by Crippen LogP contribution is -2.26. The quantitative estimate of drug-likeness (QED) is 0.544. The SMILES string of the molecule is O=C(Cc1c[nH]c2ccccc12)NCc1nc2c(n1-c1ccccc1)CCCC2. The summed E-state index contributed by atoms with van der Waals surface area (Å²) >= 11 is 0. The van der Waals surface area contributed by atoms with Gasteiger partial charge in [-0.1, -0.05) is 36.4 Å². The third kappa shape index (κ3) is 3.44. The highest BCUT2D eigenvalue weighted by molar-refractivity contribution is 5.88. The third-order valence-corrected chi connectivity index (χ3v) is 5.69. The number of hydrogen-bond acceptors (Lipinski definition) is 2. The number of para-hydroxylation sites is 2. The van der Waals surface area contributed by atoms with Crippen LogP contribution in [0.15, 0.2) is 60.8 Å². The molecule has 0 saturated carbocycles. The summed E-state index contributed by atoms with van der Waals surface area (Å²) in [5.74, 6) is 0.922. The molecule has 1 aliphatic rings. The van der Waals surface area contributed by atoms with E-state index in [0.717, 1.165) is 40.8 Å². The van der Waals surface area contributed by atoms with Gasteiger partial charge in [0.25, 0.3) is 0 Å². The first-order chi connectivity index (χ1) is 14.3. The van der Waals surface area contributed by atoms with Crippen LogP contribution in [0.3, 0.4) is 0 Å². The fourth-order valence-electron chi connectivity index (χ4n) is 4.29. The first-order valence-electron chi connectivity index (χ1n) is 10.3. The summed E-state index contributed by atoms with van der Waals surface area (Å²) in [7, 11) is 0. The van der Waals surface area contributed by atoms with Crippen molar-refractivity contribution in [1.29, 1.82) is 0 Å². The van der Waals surface area contributed by atoms with Gasteiger partial charge < -0.3 is 10.3 Å². The molecule has 2 heterocycles. The fraction of sp³-hybridized carbons (Fsp3) is 0.250. The van der Waals surface area contributed by atoms with Crippen molar-refractivity contribution in [3.05, 3.63) is 83.6 Å². The Labute approximate surface area is 169 Å². The topological polar surface area (TPSA) is 62.7 Å². The highest BCUT2D eigenvalue weighted by Crippen LogP contribution is 2.26. The van der Waals surface area contributed by atoms with Crippen LogP contribution in [0.1, 0.15) is 35.6 Å². The van der Waals surface area contributed by atoms with E-state index in [2.05, 4.69) is 27.0 Å². The van der Waals surface area contributed by atoms with E-state index >= 15 is 0 Å². The molecule has 5 heteroatoms. The summed E-state index contributed by atoms with van der Waals surface area (Å²) in [6, 6.07) is 18.4. The largest absolute Gasteiger partial charge is 0.361 e. The monoisotopic (exact) mass is 384 g/mol. The molecule has 0 atom stereocenters. The standard InChI is InChI=1S/C24H24N4O/c29-24(14-17-15-25-20-11-5-4-10-19(17)20)26-16-23-27-21-12-6-7-13-22(21)28(23)18-8-2-1-3-9-18/h1-5,8-11,15,25H,6-7,12-14,16H2,(H,26,29). The second-order valence-electron chi connectivity index (χ2n) is 7.61. The number of H-pyrrole nitrogens is 1. The molecule has 146 valence electrons. The maximum absolute atomic E-state index is 12.7. The number of fused-ring (bicyclic) bond motifs is 2. The zero-order valence-corrected chi connectivity index (χ0v) is 16.3. The number of nitrogens with one attached hydrogen (secondary N) is 2. The van der Waals surface area contributed by atoms with Crippen molar-refractivity contribution in [1.82, 2.24) is 19.9 Å². The van der Waals surface area contributed by atoms with Gasteiger partial charge in [-0.05, 0) is 49.4 Å². The molecule has 0 fully saturated rings. The number of amides is 1. The molecule has 5 rings (SSSR count). The van der Waals surface area contributed by atoms with Gasteiger partial charge in [-0.3, -0.25) is 9.36 Å². The summed E-state index contributed by atoms with van der Waals surface area (Å²) in [5, 5.41) is 4.19. The Balaban J connectivity index is 1.36. The number of aromatic amines is 1. The smallest absolute Gasteiger partial charge is 0.224 e. The maximum atomic E-state index is 12.7. The number of aromatic nitrogens is 3. The van der Waals surface area contributed by atoms with Gasteiger partial charge >= 0.3 is 0 Å². The molecule has 0 saturated heterocycles. The molecule has 2 aromatic carbocycles. The van der Waals surface area contributed by atoms with Gasteiger partial charge in [-0.25, -0.2) is 4.98 Å². The molecule has 0 unspecified atom stereocenters. The minimum Gasteiger partial charge on any atom is -0.361 e. The molecule has 1 aliphatic carbocycles. The van der Waals surface area contributed by atoms with Crippen molar-refractivity contribution in [2.75, 3.05) is 0 Å². The van der Waals surface area contributed by atoms with Crippen LogP contribution in [0.2, 0.25) is 0 Å². The molecule has 4 aromatic rings. The maximum Gasteiger partial charge on any atom is 0.224 e. The molecule has 0 radical (unpaired) electrons. The molecule has 0 spiro atoms. The van der Waals surface area contributed by atoms with Gasteiger partial charge in [0.15, 0.2) is 0 Å². The van der Waals surface area contributed by atoms with Crippen LogP contribution in [0.5, 0.6) is 0 Å². The fourth-order valence-corrected chi connectivity index (χ4v) is 4.29.